The Kier molecular flexibility index (Phi) is 3.90. The quantitative estimate of drug-likeness (QED) is 0.797. The Morgan fingerprint density at radius 1 is 1.21 bits per heavy atom. The summed E-state index contributed by atoms with van der Waals surface area (Å²) in [7, 11) is 0. The lowest BCUT2D eigenvalue weighted by Gasteiger charge is -2.11. The fourth-order valence-corrected chi connectivity index (χ4v) is 4.05. The molecular formula is C18H17N3O2S. The van der Waals surface area contributed by atoms with Crippen LogP contribution in [-0.2, 0) is 0 Å². The van der Waals surface area contributed by atoms with E-state index in [1.807, 2.05) is 35.7 Å². The summed E-state index contributed by atoms with van der Waals surface area (Å²) in [5.41, 5.74) is 1.50. The SMILES string of the molecule is O=C(NC1CCCC1)c1cnc2scc(-c3ccccc3)n2c1=O. The van der Waals surface area contributed by atoms with Gasteiger partial charge in [0.2, 0.25) is 0 Å². The van der Waals surface area contributed by atoms with Crippen LogP contribution >= 0.6 is 11.3 Å². The molecule has 1 N–H and O–H groups in total. The molecule has 24 heavy (non-hydrogen) atoms. The zero-order chi connectivity index (χ0) is 16.5. The highest BCUT2D eigenvalue weighted by atomic mass is 32.1. The first-order valence-electron chi connectivity index (χ1n) is 8.09. The molecule has 1 amide bonds. The van der Waals surface area contributed by atoms with Gasteiger partial charge in [0.15, 0.2) is 4.96 Å². The Morgan fingerprint density at radius 2 is 1.96 bits per heavy atom. The zero-order valence-electron chi connectivity index (χ0n) is 13.1. The van der Waals surface area contributed by atoms with Crippen LogP contribution in [0.25, 0.3) is 16.2 Å². The maximum Gasteiger partial charge on any atom is 0.271 e. The van der Waals surface area contributed by atoms with E-state index in [1.54, 1.807) is 0 Å². The number of amides is 1. The molecular weight excluding hydrogens is 322 g/mol. The number of rotatable bonds is 3. The van der Waals surface area contributed by atoms with Gasteiger partial charge in [-0.05, 0) is 18.4 Å². The van der Waals surface area contributed by atoms with Gasteiger partial charge in [-0.3, -0.25) is 14.0 Å². The van der Waals surface area contributed by atoms with Crippen LogP contribution in [0.3, 0.4) is 0 Å². The van der Waals surface area contributed by atoms with Crippen LogP contribution in [0.2, 0.25) is 0 Å². The summed E-state index contributed by atoms with van der Waals surface area (Å²) in [5, 5.41) is 4.86. The molecule has 4 rings (SSSR count). The van der Waals surface area contributed by atoms with Crippen molar-refractivity contribution in [3.63, 3.8) is 0 Å². The maximum atomic E-state index is 12.9. The topological polar surface area (TPSA) is 63.5 Å². The highest BCUT2D eigenvalue weighted by molar-refractivity contribution is 7.15. The molecule has 5 nitrogen and oxygen atoms in total. The average molecular weight is 339 g/mol. The van der Waals surface area contributed by atoms with Gasteiger partial charge in [-0.25, -0.2) is 4.98 Å². The van der Waals surface area contributed by atoms with Crippen molar-refractivity contribution in [3.05, 3.63) is 57.8 Å². The smallest absolute Gasteiger partial charge is 0.271 e. The fraction of sp³-hybridized carbons (Fsp3) is 0.278. The van der Waals surface area contributed by atoms with Crippen LogP contribution in [0, 0.1) is 0 Å². The first-order chi connectivity index (χ1) is 11.7. The van der Waals surface area contributed by atoms with Crippen LogP contribution < -0.4 is 10.9 Å². The number of fused-ring (bicyclic) bond motifs is 1. The fourth-order valence-electron chi connectivity index (χ4n) is 3.19. The number of aromatic nitrogens is 2. The molecule has 0 bridgehead atoms. The summed E-state index contributed by atoms with van der Waals surface area (Å²) in [6, 6.07) is 9.84. The van der Waals surface area contributed by atoms with E-state index in [-0.39, 0.29) is 23.1 Å². The van der Waals surface area contributed by atoms with Crippen molar-refractivity contribution in [2.75, 3.05) is 0 Å². The van der Waals surface area contributed by atoms with E-state index in [1.165, 1.54) is 21.9 Å². The normalized spacial score (nSPS) is 15.0. The highest BCUT2D eigenvalue weighted by Gasteiger charge is 2.21. The third kappa shape index (κ3) is 2.63. The Labute approximate surface area is 143 Å². The largest absolute Gasteiger partial charge is 0.349 e. The Bertz CT molecular complexity index is 940. The molecule has 1 aliphatic rings. The minimum Gasteiger partial charge on any atom is -0.349 e. The van der Waals surface area contributed by atoms with Gasteiger partial charge in [-0.15, -0.1) is 11.3 Å². The van der Waals surface area contributed by atoms with Crippen molar-refractivity contribution in [1.29, 1.82) is 0 Å². The number of hydrogen-bond donors (Lipinski definition) is 1. The molecule has 0 radical (unpaired) electrons. The van der Waals surface area contributed by atoms with E-state index >= 15 is 0 Å². The predicted molar refractivity (Wildman–Crippen MR) is 94.5 cm³/mol. The van der Waals surface area contributed by atoms with Crippen LogP contribution in [0.15, 0.2) is 46.7 Å². The number of nitrogens with one attached hydrogen (secondary N) is 1. The van der Waals surface area contributed by atoms with Crippen LogP contribution in [0.4, 0.5) is 0 Å². The molecule has 0 unspecified atom stereocenters. The van der Waals surface area contributed by atoms with Gasteiger partial charge in [0.05, 0.1) is 5.69 Å². The molecule has 0 aliphatic heterocycles. The second-order valence-electron chi connectivity index (χ2n) is 6.04. The minimum atomic E-state index is -0.320. The van der Waals surface area contributed by atoms with Gasteiger partial charge in [-0.2, -0.15) is 0 Å². The molecule has 0 saturated heterocycles. The minimum absolute atomic E-state index is 0.106. The van der Waals surface area contributed by atoms with Crippen LogP contribution in [-0.4, -0.2) is 21.3 Å². The molecule has 0 spiro atoms. The third-order valence-corrected chi connectivity index (χ3v) is 5.29. The van der Waals surface area contributed by atoms with Gasteiger partial charge in [-0.1, -0.05) is 43.2 Å². The number of carbonyl (C=O) groups is 1. The number of nitrogens with zero attached hydrogens (tertiary/aromatic N) is 2. The van der Waals surface area contributed by atoms with Gasteiger partial charge in [0.25, 0.3) is 11.5 Å². The van der Waals surface area contributed by atoms with Crippen molar-refractivity contribution in [2.45, 2.75) is 31.7 Å². The first-order valence-corrected chi connectivity index (χ1v) is 8.97. The van der Waals surface area contributed by atoms with E-state index < -0.39 is 0 Å². The van der Waals surface area contributed by atoms with Crippen molar-refractivity contribution < 1.29 is 4.79 Å². The molecule has 122 valence electrons. The molecule has 2 aromatic heterocycles. The summed E-state index contributed by atoms with van der Waals surface area (Å²) in [4.78, 5) is 30.2. The Morgan fingerprint density at radius 3 is 2.71 bits per heavy atom. The lowest BCUT2D eigenvalue weighted by molar-refractivity contribution is 0.0936. The van der Waals surface area contributed by atoms with E-state index in [0.717, 1.165) is 36.9 Å². The Balaban J connectivity index is 1.77. The monoisotopic (exact) mass is 339 g/mol. The van der Waals surface area contributed by atoms with Crippen molar-refractivity contribution in [3.8, 4) is 11.3 Å². The predicted octanol–water partition coefficient (Wildman–Crippen LogP) is 3.10. The van der Waals surface area contributed by atoms with E-state index in [0.29, 0.717) is 4.96 Å². The van der Waals surface area contributed by atoms with E-state index in [2.05, 4.69) is 10.3 Å². The van der Waals surface area contributed by atoms with Gasteiger partial charge in [0, 0.05) is 17.6 Å². The number of carbonyl (C=O) groups excluding carboxylic acids is 1. The standard InChI is InChI=1S/C18H17N3O2S/c22-16(20-13-8-4-5-9-13)14-10-19-18-21(17(14)23)15(11-24-18)12-6-2-1-3-7-12/h1-3,6-7,10-11,13H,4-5,8-9H2,(H,20,22). The molecule has 3 aromatic rings. The lowest BCUT2D eigenvalue weighted by Crippen LogP contribution is -2.37. The van der Waals surface area contributed by atoms with E-state index in [9.17, 15) is 9.59 Å². The van der Waals surface area contributed by atoms with Crippen molar-refractivity contribution >= 4 is 22.2 Å². The van der Waals surface area contributed by atoms with Gasteiger partial charge >= 0.3 is 0 Å². The second-order valence-corrected chi connectivity index (χ2v) is 6.87. The molecule has 6 heteroatoms. The van der Waals surface area contributed by atoms with Crippen molar-refractivity contribution in [1.82, 2.24) is 14.7 Å². The van der Waals surface area contributed by atoms with Gasteiger partial charge < -0.3 is 5.32 Å². The number of benzene rings is 1. The third-order valence-electron chi connectivity index (χ3n) is 4.45. The summed E-state index contributed by atoms with van der Waals surface area (Å²) in [6.07, 6.45) is 5.62. The van der Waals surface area contributed by atoms with Crippen LogP contribution in [0.5, 0.6) is 0 Å². The zero-order valence-corrected chi connectivity index (χ0v) is 13.9. The summed E-state index contributed by atoms with van der Waals surface area (Å²) in [5.74, 6) is -0.320. The molecule has 1 saturated carbocycles. The van der Waals surface area contributed by atoms with Crippen LogP contribution in [0.1, 0.15) is 36.0 Å². The Hall–Kier alpha value is -2.47. The molecule has 1 fully saturated rings. The maximum absolute atomic E-state index is 12.9. The molecule has 2 heterocycles. The van der Waals surface area contributed by atoms with Crippen molar-refractivity contribution in [2.24, 2.45) is 0 Å². The van der Waals surface area contributed by atoms with Gasteiger partial charge in [0.1, 0.15) is 5.56 Å². The average Bonchev–Trinajstić information content (AvgIpc) is 3.25. The molecule has 1 aliphatic carbocycles. The first kappa shape index (κ1) is 15.1. The molecule has 0 atom stereocenters. The molecule has 1 aromatic carbocycles. The summed E-state index contributed by atoms with van der Waals surface area (Å²) in [6.45, 7) is 0. The summed E-state index contributed by atoms with van der Waals surface area (Å²) >= 11 is 1.40. The number of hydrogen-bond acceptors (Lipinski definition) is 4. The number of thiazole rings is 1. The second kappa shape index (κ2) is 6.20. The summed E-state index contributed by atoms with van der Waals surface area (Å²) < 4.78 is 1.53. The highest BCUT2D eigenvalue weighted by Crippen LogP contribution is 2.23. The lowest BCUT2D eigenvalue weighted by atomic mass is 10.2. The van der Waals surface area contributed by atoms with E-state index in [4.69, 9.17) is 0 Å².